The van der Waals surface area contributed by atoms with Crippen LogP contribution in [-0.2, 0) is 39.0 Å². The summed E-state index contributed by atoms with van der Waals surface area (Å²) >= 11 is 0.857. The predicted octanol–water partition coefficient (Wildman–Crippen LogP) is -13.1. The van der Waals surface area contributed by atoms with E-state index in [1.165, 1.54) is 46.2 Å². The van der Waals surface area contributed by atoms with E-state index in [0.29, 0.717) is 35.3 Å². The van der Waals surface area contributed by atoms with Gasteiger partial charge in [0, 0.05) is 47.3 Å². The van der Waals surface area contributed by atoms with Gasteiger partial charge in [0.1, 0.15) is 20.2 Å². The van der Waals surface area contributed by atoms with Crippen molar-refractivity contribution < 1.29 is 194 Å². The van der Waals surface area contributed by atoms with Crippen LogP contribution in [-0.4, -0.2) is 129 Å². The summed E-state index contributed by atoms with van der Waals surface area (Å²) in [6.45, 7) is -1.48. The van der Waals surface area contributed by atoms with Crippen LogP contribution in [0.4, 0.5) is 52.8 Å². The van der Waals surface area contributed by atoms with Crippen LogP contribution in [0.3, 0.4) is 0 Å². The third-order valence-electron chi connectivity index (χ3n) is 8.34. The van der Waals surface area contributed by atoms with Gasteiger partial charge in [-0.1, -0.05) is 24.3 Å². The van der Waals surface area contributed by atoms with Crippen molar-refractivity contribution in [2.45, 2.75) is 19.6 Å². The Morgan fingerprint density at radius 2 is 1.06 bits per heavy atom. The Morgan fingerprint density at radius 1 is 0.586 bits per heavy atom. The summed E-state index contributed by atoms with van der Waals surface area (Å²) in [7, 11) is -10.3. The van der Waals surface area contributed by atoms with Crippen molar-refractivity contribution in [3.8, 4) is 0 Å². The van der Waals surface area contributed by atoms with Gasteiger partial charge < -0.3 is 71.5 Å². The molecule has 3 aromatic carbocycles. The second-order valence-electron chi connectivity index (χ2n) is 12.7. The number of aliphatic hydroxyl groups is 4. The molecule has 2 aromatic heterocycles. The van der Waals surface area contributed by atoms with Crippen LogP contribution in [0.15, 0.2) is 74.2 Å². The topological polar surface area (TPSA) is 424 Å². The molecule has 70 heavy (non-hydrogen) atoms. The number of aromatic nitrogens is 6. The molecule has 36 heteroatoms. The van der Waals surface area contributed by atoms with E-state index in [-0.39, 0.29) is 214 Å². The van der Waals surface area contributed by atoms with Crippen molar-refractivity contribution in [2.24, 2.45) is 0 Å². The van der Waals surface area contributed by atoms with Crippen molar-refractivity contribution in [3.05, 3.63) is 65.7 Å². The summed E-state index contributed by atoms with van der Waals surface area (Å²) in [5.41, 5.74) is 5.96. The number of nitrogens with zero attached hydrogens (tertiary/aromatic N) is 8. The summed E-state index contributed by atoms with van der Waals surface area (Å²) < 4.78 is 83.1. The summed E-state index contributed by atoms with van der Waals surface area (Å²) in [6.07, 6.45) is 2.68. The first-order chi connectivity index (χ1) is 31.6. The molecule has 0 aliphatic rings. The Kier molecular flexibility index (Phi) is 30.9. The average Bonchev–Trinajstić information content (AvgIpc) is 3.26. The molecule has 5 rings (SSSR count). The molecule has 0 aliphatic heterocycles. The number of hydrogen-bond acceptors (Lipinski definition) is 30. The van der Waals surface area contributed by atoms with E-state index in [4.69, 9.17) is 5.73 Å². The number of aliphatic hydroxyl groups excluding tert-OH is 4. The predicted molar refractivity (Wildman–Crippen MR) is 227 cm³/mol. The molecule has 0 saturated heterocycles. The van der Waals surface area contributed by atoms with E-state index in [1.54, 1.807) is 6.07 Å². The summed E-state index contributed by atoms with van der Waals surface area (Å²) in [4.78, 5) is 26.7. The molecule has 5 aromatic rings. The fraction of sp³-hybridized carbons (Fsp3) is 0.235. The zero-order valence-electron chi connectivity index (χ0n) is 37.5. The normalized spacial score (nSPS) is 11.1. The van der Waals surface area contributed by atoms with Crippen molar-refractivity contribution in [1.82, 2.24) is 29.9 Å². The van der Waals surface area contributed by atoms with Crippen LogP contribution in [0, 0.1) is 0 Å². The number of rotatable bonds is 26. The maximum Gasteiger partial charge on any atom is 1.00 e. The molecule has 28 nitrogen and oxygen atoms in total. The zero-order valence-corrected chi connectivity index (χ0v) is 48.7. The third-order valence-corrected chi connectivity index (χ3v) is 11.4. The van der Waals surface area contributed by atoms with Crippen LogP contribution in [0.5, 0.6) is 0 Å². The Bertz CT molecular complexity index is 2700. The molecule has 0 amide bonds. The monoisotopic (exact) mass is 1090 g/mol. The quantitative estimate of drug-likeness (QED) is 0.00636. The fourth-order valence-electron chi connectivity index (χ4n) is 5.63. The molecular formula is C34H36N12Na4O16S4. The largest absolute Gasteiger partial charge is 1.00 e. The van der Waals surface area contributed by atoms with Crippen LogP contribution in [0.25, 0.3) is 12.2 Å². The number of benzene rings is 3. The minimum absolute atomic E-state index is 0. The Hall–Kier alpha value is -1.66. The van der Waals surface area contributed by atoms with Gasteiger partial charge in [-0.25, -0.2) is 16.8 Å². The van der Waals surface area contributed by atoms with E-state index >= 15 is 0 Å². The zero-order chi connectivity index (χ0) is 47.9. The van der Waals surface area contributed by atoms with Gasteiger partial charge in [-0.3, -0.25) is 10.1 Å². The van der Waals surface area contributed by atoms with Crippen molar-refractivity contribution in [1.29, 1.82) is 0 Å². The summed E-state index contributed by atoms with van der Waals surface area (Å²) in [5.74, 6) is -1.12. The second-order valence-corrected chi connectivity index (χ2v) is 16.9. The van der Waals surface area contributed by atoms with E-state index in [2.05, 4.69) is 64.6 Å². The molecule has 2 heterocycles. The third kappa shape index (κ3) is 20.2. The number of hydrogen-bond donors (Lipinski definition) is 8. The second kappa shape index (κ2) is 32.6. The van der Waals surface area contributed by atoms with Crippen LogP contribution in [0.2, 0.25) is 0 Å². The van der Waals surface area contributed by atoms with Gasteiger partial charge >= 0.3 is 118 Å². The first kappa shape index (κ1) is 66.4. The molecule has 0 spiro atoms. The van der Waals surface area contributed by atoms with E-state index in [9.17, 15) is 56.9 Å². The van der Waals surface area contributed by atoms with E-state index in [0.717, 1.165) is 24.3 Å². The fourth-order valence-corrected chi connectivity index (χ4v) is 7.84. The maximum absolute atomic E-state index is 12.6. The number of anilines is 9. The first-order valence-electron chi connectivity index (χ1n) is 18.4. The van der Waals surface area contributed by atoms with Gasteiger partial charge in [0.2, 0.25) is 35.7 Å². The Balaban J connectivity index is 0.00000612. The number of nitrogens with one attached hydrogen (secondary N) is 3. The molecule has 0 aliphatic carbocycles. The van der Waals surface area contributed by atoms with Gasteiger partial charge in [-0.15, -0.1) is 0 Å². The summed E-state index contributed by atoms with van der Waals surface area (Å²) in [6, 6.07) is 11.3. The van der Waals surface area contributed by atoms with Crippen LogP contribution in [0.1, 0.15) is 11.1 Å². The minimum Gasteiger partial charge on any atom is -0.744 e. The van der Waals surface area contributed by atoms with Crippen LogP contribution < -0.4 is 160 Å². The minimum atomic E-state index is -5.21. The van der Waals surface area contributed by atoms with Crippen molar-refractivity contribution in [2.75, 3.05) is 84.1 Å². The standard InChI is InChI=1S/C34H40N12O16S4.4Na/c35-29-39-30(42-33(40-29)45(9-13-47)10-14-48)36-22-5-3-20(26(17-22)64-62-60-52)1-2-21-4-6-23(18-28(21)66(56,57)58)37-31-41-32(44-34(43-31)46(11-15-49)12-16-50)38-25-19-24(63-61-59-51)7-8-27(25)65(53,54)55;;;;/h1-8,17-19,47-52H,9-16H2,(H,53,54,55)(H,56,57,58)(H3,35,36,39,40,42)(H2,37,38,41,43,44);;;;/q;4*+1/p-4. The summed E-state index contributed by atoms with van der Waals surface area (Å²) in [5, 5.41) is 74.4. The smallest absolute Gasteiger partial charge is 0.744 e. The molecule has 0 unspecified atom stereocenters. The van der Waals surface area contributed by atoms with Crippen molar-refractivity contribution in [3.63, 3.8) is 0 Å². The molecule has 0 fully saturated rings. The molecular weight excluding hydrogens is 1050 g/mol. The molecule has 0 saturated carbocycles. The van der Waals surface area contributed by atoms with Gasteiger partial charge in [-0.2, -0.15) is 38.6 Å². The number of nitrogens with two attached hydrogens (primary N) is 1. The Labute approximate surface area is 496 Å². The van der Waals surface area contributed by atoms with Gasteiger partial charge in [0.25, 0.3) is 0 Å². The average molecular weight is 1090 g/mol. The Morgan fingerprint density at radius 3 is 1.59 bits per heavy atom. The molecule has 356 valence electrons. The van der Waals surface area contributed by atoms with Crippen LogP contribution >= 0.6 is 24.1 Å². The molecule has 0 radical (unpaired) electrons. The first-order valence-corrected chi connectivity index (χ1v) is 22.7. The van der Waals surface area contributed by atoms with E-state index in [1.807, 2.05) is 0 Å². The maximum atomic E-state index is 12.6. The van der Waals surface area contributed by atoms with Crippen molar-refractivity contribution >= 4 is 109 Å². The van der Waals surface area contributed by atoms with Gasteiger partial charge in [-0.05, 0) is 53.6 Å². The number of nitrogen functional groups attached to an aromatic ring is 1. The van der Waals surface area contributed by atoms with Gasteiger partial charge in [0.05, 0.1) is 66.0 Å². The molecule has 9 N–H and O–H groups in total. The molecule has 0 atom stereocenters. The van der Waals surface area contributed by atoms with E-state index < -0.39 is 49.2 Å². The molecule has 0 bridgehead atoms. The SMILES string of the molecule is Nc1nc(Nc2ccc(C=Cc3ccc(Nc4nc(Nc5cc(SOO[O-])ccc5S(=O)(=O)[O-])nc(N(CCO)CCO)n4)cc3S(=O)(=O)[O-])c(SOO[O-])c2)nc(N(CCO)CCO)n1.[Na+].[Na+].[Na+].[Na+]. The van der Waals surface area contributed by atoms with Gasteiger partial charge in [0.15, 0.2) is 0 Å².